The lowest BCUT2D eigenvalue weighted by molar-refractivity contribution is -0.0505. The molecule has 1 aromatic carbocycles. The van der Waals surface area contributed by atoms with Crippen LogP contribution in [0.2, 0.25) is 0 Å². The molecule has 0 amide bonds. The van der Waals surface area contributed by atoms with Gasteiger partial charge in [0.25, 0.3) is 0 Å². The van der Waals surface area contributed by atoms with Crippen molar-refractivity contribution in [3.8, 4) is 17.2 Å². The van der Waals surface area contributed by atoms with Gasteiger partial charge in [-0.25, -0.2) is 0 Å². The third-order valence-corrected chi connectivity index (χ3v) is 4.64. The van der Waals surface area contributed by atoms with Gasteiger partial charge in [0, 0.05) is 50.6 Å². The third-order valence-electron chi connectivity index (χ3n) is 4.64. The Balaban J connectivity index is 0.00000341. The minimum Gasteiger partial charge on any atom is -0.454 e. The molecular weight excluding hydrogens is 525 g/mol. The molecule has 31 heavy (non-hydrogen) atoms. The van der Waals surface area contributed by atoms with E-state index in [-0.39, 0.29) is 49.1 Å². The number of ether oxygens (including phenoxy) is 3. The zero-order valence-electron chi connectivity index (χ0n) is 17.8. The van der Waals surface area contributed by atoms with Crippen LogP contribution in [0.4, 0.5) is 8.78 Å². The van der Waals surface area contributed by atoms with Crippen molar-refractivity contribution in [2.75, 3.05) is 34.5 Å². The molecule has 1 unspecified atom stereocenters. The molecule has 2 heterocycles. The summed E-state index contributed by atoms with van der Waals surface area (Å²) in [7, 11) is 7.47. The number of aryl methyl sites for hydroxylation is 1. The zero-order valence-corrected chi connectivity index (χ0v) is 20.1. The molecule has 0 fully saturated rings. The molecule has 172 valence electrons. The van der Waals surface area contributed by atoms with Gasteiger partial charge in [0.15, 0.2) is 17.5 Å². The predicted octanol–water partition coefficient (Wildman–Crippen LogP) is 2.34. The van der Waals surface area contributed by atoms with Crippen LogP contribution in [-0.4, -0.2) is 61.7 Å². The molecule has 0 aliphatic carbocycles. The third kappa shape index (κ3) is 6.56. The summed E-state index contributed by atoms with van der Waals surface area (Å²) in [5.41, 5.74) is 1.56. The van der Waals surface area contributed by atoms with E-state index in [0.717, 1.165) is 5.56 Å². The van der Waals surface area contributed by atoms with Crippen LogP contribution in [0.25, 0.3) is 0 Å². The molecule has 2 N–H and O–H groups in total. The van der Waals surface area contributed by atoms with Gasteiger partial charge in [-0.15, -0.1) is 24.0 Å². The molecule has 9 nitrogen and oxygen atoms in total. The second-order valence-electron chi connectivity index (χ2n) is 6.93. The minimum atomic E-state index is -2.94. The Morgan fingerprint density at radius 2 is 2.00 bits per heavy atom. The highest BCUT2D eigenvalue weighted by atomic mass is 127. The van der Waals surface area contributed by atoms with Gasteiger partial charge in [0.1, 0.15) is 5.75 Å². The maximum absolute atomic E-state index is 12.8. The lowest BCUT2D eigenvalue weighted by Gasteiger charge is -2.24. The van der Waals surface area contributed by atoms with Crippen molar-refractivity contribution in [2.24, 2.45) is 12.0 Å². The van der Waals surface area contributed by atoms with E-state index in [4.69, 9.17) is 9.47 Å². The van der Waals surface area contributed by atoms with Gasteiger partial charge in [0.05, 0.1) is 12.2 Å². The SMILES string of the molecule is CN=C(NCc1cc2c(cc1OC(F)F)OCO2)NCC(c1cnn(C)c1)N(C)C.I. The van der Waals surface area contributed by atoms with Crippen molar-refractivity contribution in [1.82, 2.24) is 25.3 Å². The van der Waals surface area contributed by atoms with Crippen LogP contribution >= 0.6 is 24.0 Å². The first-order valence-electron chi connectivity index (χ1n) is 9.34. The average Bonchev–Trinajstić information content (AvgIpc) is 3.32. The number of guanidine groups is 1. The van der Waals surface area contributed by atoms with Crippen LogP contribution in [0, 0.1) is 0 Å². The van der Waals surface area contributed by atoms with E-state index in [1.165, 1.54) is 6.07 Å². The number of fused-ring (bicyclic) bond motifs is 1. The summed E-state index contributed by atoms with van der Waals surface area (Å²) in [6.07, 6.45) is 3.78. The molecule has 0 saturated carbocycles. The van der Waals surface area contributed by atoms with Crippen LogP contribution in [0.3, 0.4) is 0 Å². The number of hydrogen-bond donors (Lipinski definition) is 2. The summed E-state index contributed by atoms with van der Waals surface area (Å²) in [4.78, 5) is 6.28. The van der Waals surface area contributed by atoms with Crippen molar-refractivity contribution in [2.45, 2.75) is 19.2 Å². The standard InChI is InChI=1S/C19H26F2N6O3.HI/c1-22-19(24-9-14(26(2)3)13-8-25-27(4)10-13)23-7-12-5-16-17(29-11-28-16)6-15(12)30-18(20)21;/h5-6,8,10,14,18H,7,9,11H2,1-4H3,(H2,22,23,24);1H. The minimum absolute atomic E-state index is 0. The number of nitrogens with zero attached hydrogens (tertiary/aromatic N) is 4. The molecule has 2 aromatic rings. The summed E-state index contributed by atoms with van der Waals surface area (Å²) < 4.78 is 42.6. The fraction of sp³-hybridized carbons (Fsp3) is 0.474. The average molecular weight is 552 g/mol. The molecular formula is C19H27F2IN6O3. The lowest BCUT2D eigenvalue weighted by atomic mass is 10.1. The molecule has 0 spiro atoms. The summed E-state index contributed by atoms with van der Waals surface area (Å²) in [5.74, 6) is 1.41. The van der Waals surface area contributed by atoms with Crippen LogP contribution in [-0.2, 0) is 13.6 Å². The summed E-state index contributed by atoms with van der Waals surface area (Å²) in [6.45, 7) is -2.12. The number of nitrogens with one attached hydrogen (secondary N) is 2. The van der Waals surface area contributed by atoms with Crippen molar-refractivity contribution < 1.29 is 23.0 Å². The lowest BCUT2D eigenvalue weighted by Crippen LogP contribution is -2.41. The second-order valence-corrected chi connectivity index (χ2v) is 6.93. The van der Waals surface area contributed by atoms with Gasteiger partial charge in [-0.3, -0.25) is 9.67 Å². The van der Waals surface area contributed by atoms with Crippen molar-refractivity contribution in [3.63, 3.8) is 0 Å². The maximum Gasteiger partial charge on any atom is 0.387 e. The summed E-state index contributed by atoms with van der Waals surface area (Å²) >= 11 is 0. The van der Waals surface area contributed by atoms with Gasteiger partial charge in [-0.2, -0.15) is 13.9 Å². The van der Waals surface area contributed by atoms with E-state index < -0.39 is 6.61 Å². The van der Waals surface area contributed by atoms with E-state index in [1.807, 2.05) is 33.5 Å². The van der Waals surface area contributed by atoms with Gasteiger partial charge in [-0.1, -0.05) is 0 Å². The Bertz CT molecular complexity index is 894. The number of benzene rings is 1. The van der Waals surface area contributed by atoms with Gasteiger partial charge in [-0.05, 0) is 20.2 Å². The highest BCUT2D eigenvalue weighted by Crippen LogP contribution is 2.38. The first-order chi connectivity index (χ1) is 14.4. The van der Waals surface area contributed by atoms with Gasteiger partial charge in [0.2, 0.25) is 6.79 Å². The maximum atomic E-state index is 12.8. The molecule has 0 radical (unpaired) electrons. The number of aliphatic imine (C=N–C) groups is 1. The number of rotatable bonds is 8. The van der Waals surface area contributed by atoms with Crippen LogP contribution < -0.4 is 24.8 Å². The van der Waals surface area contributed by atoms with Crippen molar-refractivity contribution >= 4 is 29.9 Å². The fourth-order valence-electron chi connectivity index (χ4n) is 3.11. The molecule has 0 bridgehead atoms. The Kier molecular flexibility index (Phi) is 9.10. The Hall–Kier alpha value is -2.35. The Morgan fingerprint density at radius 3 is 2.58 bits per heavy atom. The molecule has 3 rings (SSSR count). The first kappa shape index (κ1) is 24.9. The highest BCUT2D eigenvalue weighted by Gasteiger charge is 2.21. The normalized spacial score (nSPS) is 13.9. The Morgan fingerprint density at radius 1 is 1.29 bits per heavy atom. The molecule has 1 aliphatic rings. The first-order valence-corrected chi connectivity index (χ1v) is 9.34. The zero-order chi connectivity index (χ0) is 21.7. The summed E-state index contributed by atoms with van der Waals surface area (Å²) in [5, 5.41) is 10.6. The molecule has 1 aliphatic heterocycles. The topological polar surface area (TPSA) is 85.2 Å². The largest absolute Gasteiger partial charge is 0.454 e. The fourth-order valence-corrected chi connectivity index (χ4v) is 3.11. The van der Waals surface area contributed by atoms with Gasteiger partial charge < -0.3 is 29.7 Å². The van der Waals surface area contributed by atoms with E-state index in [9.17, 15) is 8.78 Å². The number of likely N-dealkylation sites (N-methyl/N-ethyl adjacent to an activating group) is 1. The number of alkyl halides is 2. The van der Waals surface area contributed by atoms with E-state index >= 15 is 0 Å². The van der Waals surface area contributed by atoms with Crippen molar-refractivity contribution in [3.05, 3.63) is 35.7 Å². The van der Waals surface area contributed by atoms with Crippen molar-refractivity contribution in [1.29, 1.82) is 0 Å². The van der Waals surface area contributed by atoms with Gasteiger partial charge >= 0.3 is 6.61 Å². The second kappa shape index (κ2) is 11.3. The van der Waals surface area contributed by atoms with Crippen LogP contribution in [0.1, 0.15) is 17.2 Å². The Labute approximate surface area is 196 Å². The molecule has 1 atom stereocenters. The quantitative estimate of drug-likeness (QED) is 0.296. The molecule has 12 heteroatoms. The highest BCUT2D eigenvalue weighted by molar-refractivity contribution is 14.0. The smallest absolute Gasteiger partial charge is 0.387 e. The number of aromatic nitrogens is 2. The van der Waals surface area contributed by atoms with Crippen LogP contribution in [0.5, 0.6) is 17.2 Å². The van der Waals surface area contributed by atoms with E-state index in [0.29, 0.717) is 29.6 Å². The number of hydrogen-bond acceptors (Lipinski definition) is 6. The molecule has 0 saturated heterocycles. The van der Waals surface area contributed by atoms with E-state index in [1.54, 1.807) is 17.8 Å². The predicted molar refractivity (Wildman–Crippen MR) is 122 cm³/mol. The van der Waals surface area contributed by atoms with Crippen LogP contribution in [0.15, 0.2) is 29.5 Å². The number of halogens is 3. The summed E-state index contributed by atoms with van der Waals surface area (Å²) in [6, 6.07) is 3.10. The van der Waals surface area contributed by atoms with E-state index in [2.05, 4.69) is 30.4 Å². The monoisotopic (exact) mass is 552 g/mol. The molecule has 1 aromatic heterocycles.